The summed E-state index contributed by atoms with van der Waals surface area (Å²) < 4.78 is 2.19. The minimum atomic E-state index is 0.336. The van der Waals surface area contributed by atoms with E-state index in [0.717, 1.165) is 24.4 Å². The number of aromatic nitrogens is 2. The van der Waals surface area contributed by atoms with Gasteiger partial charge >= 0.3 is 0 Å². The molecule has 1 saturated carbocycles. The van der Waals surface area contributed by atoms with E-state index in [-0.39, 0.29) is 0 Å². The van der Waals surface area contributed by atoms with Gasteiger partial charge in [-0.3, -0.25) is 11.3 Å². The molecule has 2 aromatic rings. The molecule has 1 aromatic carbocycles. The third-order valence-corrected chi connectivity index (χ3v) is 3.80. The minimum Gasteiger partial charge on any atom is -0.329 e. The molecule has 18 heavy (non-hydrogen) atoms. The number of fused-ring (bicyclic) bond motifs is 1. The van der Waals surface area contributed by atoms with Gasteiger partial charge < -0.3 is 4.57 Å². The van der Waals surface area contributed by atoms with Crippen LogP contribution in [0.3, 0.4) is 0 Å². The van der Waals surface area contributed by atoms with Gasteiger partial charge in [0.15, 0.2) is 0 Å². The van der Waals surface area contributed by atoms with Crippen molar-refractivity contribution in [1.29, 1.82) is 0 Å². The molecule has 0 amide bonds. The molecule has 3 N–H and O–H groups in total. The summed E-state index contributed by atoms with van der Waals surface area (Å²) in [7, 11) is 0. The second-order valence-corrected chi connectivity index (χ2v) is 5.27. The molecule has 1 unspecified atom stereocenters. The number of rotatable bonds is 6. The van der Waals surface area contributed by atoms with Crippen molar-refractivity contribution in [2.45, 2.75) is 38.3 Å². The number of benzene rings is 1. The van der Waals surface area contributed by atoms with E-state index in [2.05, 4.69) is 27.1 Å². The van der Waals surface area contributed by atoms with Gasteiger partial charge in [-0.25, -0.2) is 4.98 Å². The van der Waals surface area contributed by atoms with Crippen molar-refractivity contribution in [2.24, 2.45) is 11.8 Å². The van der Waals surface area contributed by atoms with Crippen molar-refractivity contribution in [2.75, 3.05) is 0 Å². The number of hydrazine groups is 1. The smallest absolute Gasteiger partial charge is 0.0958 e. The second-order valence-electron chi connectivity index (χ2n) is 5.27. The maximum Gasteiger partial charge on any atom is 0.0958 e. The second kappa shape index (κ2) is 5.08. The van der Waals surface area contributed by atoms with Gasteiger partial charge in [0.05, 0.1) is 17.4 Å². The molecular weight excluding hydrogens is 224 g/mol. The lowest BCUT2D eigenvalue weighted by molar-refractivity contribution is 0.417. The summed E-state index contributed by atoms with van der Waals surface area (Å²) in [5.41, 5.74) is 5.18. The molecule has 4 nitrogen and oxygen atoms in total. The van der Waals surface area contributed by atoms with E-state index < -0.39 is 0 Å². The number of imidazole rings is 1. The molecule has 96 valence electrons. The Morgan fingerprint density at radius 1 is 1.39 bits per heavy atom. The molecule has 4 heteroatoms. The Morgan fingerprint density at radius 3 is 3.00 bits per heavy atom. The monoisotopic (exact) mass is 244 g/mol. The van der Waals surface area contributed by atoms with Gasteiger partial charge in [0.25, 0.3) is 0 Å². The molecule has 1 atom stereocenters. The highest BCUT2D eigenvalue weighted by molar-refractivity contribution is 5.74. The van der Waals surface area contributed by atoms with Crippen molar-refractivity contribution in [3.05, 3.63) is 30.6 Å². The van der Waals surface area contributed by atoms with Crippen LogP contribution >= 0.6 is 0 Å². The predicted octanol–water partition coefficient (Wildman–Crippen LogP) is 2.06. The zero-order valence-electron chi connectivity index (χ0n) is 10.5. The highest BCUT2D eigenvalue weighted by Gasteiger charge is 2.22. The first-order valence-corrected chi connectivity index (χ1v) is 6.73. The van der Waals surface area contributed by atoms with Crippen molar-refractivity contribution >= 4 is 11.0 Å². The van der Waals surface area contributed by atoms with Crippen LogP contribution in [0, 0.1) is 5.92 Å². The average molecular weight is 244 g/mol. The molecule has 1 heterocycles. The Balaban J connectivity index is 1.69. The Labute approximate surface area is 107 Å². The van der Waals surface area contributed by atoms with Crippen LogP contribution in [0.5, 0.6) is 0 Å². The Morgan fingerprint density at radius 2 is 2.22 bits per heavy atom. The fraction of sp³-hybridized carbons (Fsp3) is 0.500. The first-order valence-electron chi connectivity index (χ1n) is 6.73. The quantitative estimate of drug-likeness (QED) is 0.604. The zero-order chi connectivity index (χ0) is 12.4. The zero-order valence-corrected chi connectivity index (χ0v) is 10.5. The average Bonchev–Trinajstić information content (AvgIpc) is 3.15. The summed E-state index contributed by atoms with van der Waals surface area (Å²) in [6.45, 7) is 0.893. The number of hydrogen-bond donors (Lipinski definition) is 2. The van der Waals surface area contributed by atoms with Crippen LogP contribution in [-0.2, 0) is 6.54 Å². The first-order chi connectivity index (χ1) is 8.86. The molecule has 1 fully saturated rings. The lowest BCUT2D eigenvalue weighted by atomic mass is 10.1. The van der Waals surface area contributed by atoms with E-state index in [4.69, 9.17) is 5.84 Å². The minimum absolute atomic E-state index is 0.336. The van der Waals surface area contributed by atoms with Crippen molar-refractivity contribution in [1.82, 2.24) is 15.0 Å². The summed E-state index contributed by atoms with van der Waals surface area (Å²) in [6.07, 6.45) is 7.16. The molecule has 0 saturated heterocycles. The molecule has 0 spiro atoms. The van der Waals surface area contributed by atoms with E-state index >= 15 is 0 Å². The molecule has 1 aliphatic rings. The van der Waals surface area contributed by atoms with Gasteiger partial charge in [-0.05, 0) is 30.9 Å². The normalized spacial score (nSPS) is 17.2. The third-order valence-electron chi connectivity index (χ3n) is 3.80. The predicted molar refractivity (Wildman–Crippen MR) is 72.8 cm³/mol. The van der Waals surface area contributed by atoms with Crippen molar-refractivity contribution in [3.8, 4) is 0 Å². The Bertz CT molecular complexity index is 515. The molecule has 0 bridgehead atoms. The number of nitrogens with two attached hydrogens (primary N) is 1. The van der Waals surface area contributed by atoms with Crippen molar-refractivity contribution < 1.29 is 0 Å². The summed E-state index contributed by atoms with van der Waals surface area (Å²) >= 11 is 0. The Kier molecular flexibility index (Phi) is 3.30. The van der Waals surface area contributed by atoms with E-state index in [1.54, 1.807) is 0 Å². The molecule has 0 radical (unpaired) electrons. The third kappa shape index (κ3) is 2.54. The molecule has 3 rings (SSSR count). The van der Waals surface area contributed by atoms with E-state index in [1.165, 1.54) is 24.8 Å². The number of nitrogens with one attached hydrogen (secondary N) is 1. The summed E-state index contributed by atoms with van der Waals surface area (Å²) in [5.74, 6) is 6.62. The molecule has 1 aromatic heterocycles. The lowest BCUT2D eigenvalue weighted by Crippen LogP contribution is -2.38. The van der Waals surface area contributed by atoms with Gasteiger partial charge in [-0.2, -0.15) is 0 Å². The summed E-state index contributed by atoms with van der Waals surface area (Å²) in [5, 5.41) is 0. The van der Waals surface area contributed by atoms with Gasteiger partial charge in [0.2, 0.25) is 0 Å². The lowest BCUT2D eigenvalue weighted by Gasteiger charge is -2.16. The van der Waals surface area contributed by atoms with E-state index in [9.17, 15) is 0 Å². The number of nitrogens with zero attached hydrogens (tertiary/aromatic N) is 2. The molecular formula is C14H20N4. The largest absolute Gasteiger partial charge is 0.329 e. The van der Waals surface area contributed by atoms with Crippen LogP contribution < -0.4 is 11.3 Å². The fourth-order valence-electron chi connectivity index (χ4n) is 2.46. The Hall–Kier alpha value is -1.39. The maximum atomic E-state index is 5.66. The first kappa shape index (κ1) is 11.7. The summed E-state index contributed by atoms with van der Waals surface area (Å²) in [4.78, 5) is 4.41. The fourth-order valence-corrected chi connectivity index (χ4v) is 2.46. The number of hydrogen-bond acceptors (Lipinski definition) is 3. The van der Waals surface area contributed by atoms with Gasteiger partial charge in [-0.1, -0.05) is 25.0 Å². The van der Waals surface area contributed by atoms with Gasteiger partial charge in [0.1, 0.15) is 0 Å². The van der Waals surface area contributed by atoms with Crippen LogP contribution in [0.2, 0.25) is 0 Å². The van der Waals surface area contributed by atoms with Crippen molar-refractivity contribution in [3.63, 3.8) is 0 Å². The molecule has 0 aliphatic heterocycles. The van der Waals surface area contributed by atoms with Gasteiger partial charge in [-0.15, -0.1) is 0 Å². The topological polar surface area (TPSA) is 55.9 Å². The number of para-hydroxylation sites is 2. The molecule has 1 aliphatic carbocycles. The van der Waals surface area contributed by atoms with Crippen LogP contribution in [0.15, 0.2) is 30.6 Å². The standard InChI is InChI=1S/C14H20N4/c15-17-12(8-7-11-5-6-11)9-18-10-16-13-3-1-2-4-14(13)18/h1-4,10-12,17H,5-9,15H2. The maximum absolute atomic E-state index is 5.66. The van der Waals surface area contributed by atoms with Crippen LogP contribution in [0.1, 0.15) is 25.7 Å². The van der Waals surface area contributed by atoms with Crippen LogP contribution in [0.4, 0.5) is 0 Å². The SMILES string of the molecule is NNC(CCC1CC1)Cn1cnc2ccccc21. The van der Waals surface area contributed by atoms with Gasteiger partial charge in [0, 0.05) is 12.6 Å². The summed E-state index contributed by atoms with van der Waals surface area (Å²) in [6, 6.07) is 8.56. The van der Waals surface area contributed by atoms with Crippen LogP contribution in [-0.4, -0.2) is 15.6 Å². The van der Waals surface area contributed by atoms with Crippen LogP contribution in [0.25, 0.3) is 11.0 Å². The van der Waals surface area contributed by atoms with E-state index in [0.29, 0.717) is 6.04 Å². The van der Waals surface area contributed by atoms with E-state index in [1.807, 2.05) is 18.5 Å². The highest BCUT2D eigenvalue weighted by Crippen LogP contribution is 2.34. The highest BCUT2D eigenvalue weighted by atomic mass is 15.2.